The molecule has 102 valence electrons. The van der Waals surface area contributed by atoms with E-state index in [4.69, 9.17) is 5.73 Å². The van der Waals surface area contributed by atoms with E-state index in [1.54, 1.807) is 0 Å². The third-order valence-electron chi connectivity index (χ3n) is 4.67. The molecule has 1 amide bonds. The molecule has 0 aliphatic heterocycles. The number of amides is 1. The van der Waals surface area contributed by atoms with Gasteiger partial charge in [0.25, 0.3) is 0 Å². The standard InChI is InChI=1S/C15H19BrN2O/c1-8-2-5-12(11(16)6-8)18-15(19)13-9-3-4-10(7-9)14(13)17/h2,5-6,9-10,13-14H,3-4,7,17H2,1H3,(H,18,19). The van der Waals surface area contributed by atoms with E-state index in [0.29, 0.717) is 11.8 Å². The maximum atomic E-state index is 12.4. The van der Waals surface area contributed by atoms with Crippen molar-refractivity contribution in [2.75, 3.05) is 5.32 Å². The molecular formula is C15H19BrN2O. The van der Waals surface area contributed by atoms with Crippen LogP contribution in [0.15, 0.2) is 22.7 Å². The molecule has 2 fully saturated rings. The van der Waals surface area contributed by atoms with Gasteiger partial charge in [0.15, 0.2) is 0 Å². The Morgan fingerprint density at radius 1 is 1.37 bits per heavy atom. The number of carbonyl (C=O) groups excluding carboxylic acids is 1. The first-order chi connectivity index (χ1) is 9.06. The van der Waals surface area contributed by atoms with Crippen LogP contribution in [0.3, 0.4) is 0 Å². The van der Waals surface area contributed by atoms with Crippen LogP contribution in [0.25, 0.3) is 0 Å². The van der Waals surface area contributed by atoms with Crippen molar-refractivity contribution in [3.8, 4) is 0 Å². The van der Waals surface area contributed by atoms with Crippen LogP contribution in [0.2, 0.25) is 0 Å². The minimum absolute atomic E-state index is 0.00745. The van der Waals surface area contributed by atoms with Gasteiger partial charge in [-0.3, -0.25) is 4.79 Å². The molecule has 4 unspecified atom stereocenters. The molecule has 19 heavy (non-hydrogen) atoms. The number of rotatable bonds is 2. The summed E-state index contributed by atoms with van der Waals surface area (Å²) in [4.78, 5) is 12.4. The summed E-state index contributed by atoms with van der Waals surface area (Å²) in [5.74, 6) is 1.13. The lowest BCUT2D eigenvalue weighted by Gasteiger charge is -2.27. The number of benzene rings is 1. The molecule has 3 nitrogen and oxygen atoms in total. The Bertz CT molecular complexity index is 515. The van der Waals surface area contributed by atoms with Crippen molar-refractivity contribution in [2.45, 2.75) is 32.2 Å². The van der Waals surface area contributed by atoms with Crippen LogP contribution in [-0.2, 0) is 4.79 Å². The monoisotopic (exact) mass is 322 g/mol. The highest BCUT2D eigenvalue weighted by Crippen LogP contribution is 2.48. The summed E-state index contributed by atoms with van der Waals surface area (Å²) in [5.41, 5.74) is 8.21. The minimum Gasteiger partial charge on any atom is -0.327 e. The molecule has 3 N–H and O–H groups in total. The smallest absolute Gasteiger partial charge is 0.229 e. The van der Waals surface area contributed by atoms with Crippen molar-refractivity contribution in [1.82, 2.24) is 0 Å². The summed E-state index contributed by atoms with van der Waals surface area (Å²) >= 11 is 3.49. The van der Waals surface area contributed by atoms with Crippen LogP contribution in [0.4, 0.5) is 5.69 Å². The third-order valence-corrected chi connectivity index (χ3v) is 5.32. The number of hydrogen-bond acceptors (Lipinski definition) is 2. The van der Waals surface area contributed by atoms with E-state index >= 15 is 0 Å². The molecule has 1 aromatic carbocycles. The minimum atomic E-state index is -0.00745. The lowest BCUT2D eigenvalue weighted by atomic mass is 9.84. The molecular weight excluding hydrogens is 304 g/mol. The Morgan fingerprint density at radius 2 is 2.11 bits per heavy atom. The summed E-state index contributed by atoms with van der Waals surface area (Å²) in [6.07, 6.45) is 3.49. The number of nitrogens with one attached hydrogen (secondary N) is 1. The summed E-state index contributed by atoms with van der Waals surface area (Å²) in [7, 11) is 0. The van der Waals surface area contributed by atoms with Gasteiger partial charge in [-0.05, 0) is 71.6 Å². The second kappa shape index (κ2) is 4.91. The van der Waals surface area contributed by atoms with Gasteiger partial charge in [0.2, 0.25) is 5.91 Å². The summed E-state index contributed by atoms with van der Waals surface area (Å²) < 4.78 is 0.928. The predicted octanol–water partition coefficient (Wildman–Crippen LogP) is 3.07. The van der Waals surface area contributed by atoms with Gasteiger partial charge < -0.3 is 11.1 Å². The van der Waals surface area contributed by atoms with E-state index < -0.39 is 0 Å². The first-order valence-corrected chi connectivity index (χ1v) is 7.68. The second-order valence-corrected chi connectivity index (χ2v) is 6.76. The average Bonchev–Trinajstić information content (AvgIpc) is 2.93. The SMILES string of the molecule is Cc1ccc(NC(=O)C2C3CCC(C3)C2N)c(Br)c1. The van der Waals surface area contributed by atoms with Gasteiger partial charge >= 0.3 is 0 Å². The van der Waals surface area contributed by atoms with Crippen LogP contribution in [0, 0.1) is 24.7 Å². The summed E-state index contributed by atoms with van der Waals surface area (Å²) in [5, 5.41) is 3.03. The maximum Gasteiger partial charge on any atom is 0.229 e. The first-order valence-electron chi connectivity index (χ1n) is 6.89. The molecule has 2 saturated carbocycles. The van der Waals surface area contributed by atoms with Gasteiger partial charge in [0.1, 0.15) is 0 Å². The molecule has 0 heterocycles. The number of aryl methyl sites for hydroxylation is 1. The molecule has 3 rings (SSSR count). The highest BCUT2D eigenvalue weighted by Gasteiger charge is 2.49. The van der Waals surface area contributed by atoms with E-state index in [0.717, 1.165) is 23.0 Å². The number of carbonyl (C=O) groups is 1. The molecule has 0 spiro atoms. The molecule has 2 aliphatic rings. The Kier molecular flexibility index (Phi) is 3.39. The highest BCUT2D eigenvalue weighted by molar-refractivity contribution is 9.10. The van der Waals surface area contributed by atoms with Crippen molar-refractivity contribution in [2.24, 2.45) is 23.5 Å². The molecule has 4 atom stereocenters. The number of anilines is 1. The zero-order valence-electron chi connectivity index (χ0n) is 11.0. The van der Waals surface area contributed by atoms with Gasteiger partial charge in [0, 0.05) is 10.5 Å². The number of halogens is 1. The molecule has 0 aromatic heterocycles. The Labute approximate surface area is 122 Å². The summed E-state index contributed by atoms with van der Waals surface area (Å²) in [6, 6.07) is 6.00. The van der Waals surface area contributed by atoms with Gasteiger partial charge in [-0.1, -0.05) is 6.07 Å². The fraction of sp³-hybridized carbons (Fsp3) is 0.533. The Morgan fingerprint density at radius 3 is 2.74 bits per heavy atom. The van der Waals surface area contributed by atoms with E-state index in [1.165, 1.54) is 12.0 Å². The van der Waals surface area contributed by atoms with Crippen LogP contribution in [-0.4, -0.2) is 11.9 Å². The van der Waals surface area contributed by atoms with Crippen LogP contribution in [0.1, 0.15) is 24.8 Å². The third kappa shape index (κ3) is 2.32. The fourth-order valence-corrected chi connectivity index (χ4v) is 4.25. The van der Waals surface area contributed by atoms with Crippen LogP contribution >= 0.6 is 15.9 Å². The van der Waals surface area contributed by atoms with Gasteiger partial charge in [-0.2, -0.15) is 0 Å². The molecule has 2 aliphatic carbocycles. The Hall–Kier alpha value is -0.870. The fourth-order valence-electron chi connectivity index (χ4n) is 3.66. The van der Waals surface area contributed by atoms with Crippen molar-refractivity contribution in [3.63, 3.8) is 0 Å². The number of fused-ring (bicyclic) bond motifs is 2. The normalized spacial score (nSPS) is 32.6. The van der Waals surface area contributed by atoms with Crippen LogP contribution < -0.4 is 11.1 Å². The van der Waals surface area contributed by atoms with E-state index in [9.17, 15) is 4.79 Å². The largest absolute Gasteiger partial charge is 0.327 e. The lowest BCUT2D eigenvalue weighted by molar-refractivity contribution is -0.121. The molecule has 0 radical (unpaired) electrons. The topological polar surface area (TPSA) is 55.1 Å². The second-order valence-electron chi connectivity index (χ2n) is 5.91. The molecule has 1 aromatic rings. The first kappa shape index (κ1) is 13.1. The predicted molar refractivity (Wildman–Crippen MR) is 79.8 cm³/mol. The van der Waals surface area contributed by atoms with Crippen molar-refractivity contribution in [3.05, 3.63) is 28.2 Å². The average molecular weight is 323 g/mol. The Balaban J connectivity index is 1.75. The zero-order chi connectivity index (χ0) is 13.6. The van der Waals surface area contributed by atoms with Crippen molar-refractivity contribution >= 4 is 27.5 Å². The highest BCUT2D eigenvalue weighted by atomic mass is 79.9. The molecule has 2 bridgehead atoms. The molecule has 0 saturated heterocycles. The van der Waals surface area contributed by atoms with Gasteiger partial charge in [-0.25, -0.2) is 0 Å². The lowest BCUT2D eigenvalue weighted by Crippen LogP contribution is -2.42. The summed E-state index contributed by atoms with van der Waals surface area (Å²) in [6.45, 7) is 2.03. The van der Waals surface area contributed by atoms with E-state index in [2.05, 4.69) is 21.2 Å². The van der Waals surface area contributed by atoms with E-state index in [-0.39, 0.29) is 17.9 Å². The van der Waals surface area contributed by atoms with E-state index in [1.807, 2.05) is 25.1 Å². The van der Waals surface area contributed by atoms with Gasteiger partial charge in [-0.15, -0.1) is 0 Å². The van der Waals surface area contributed by atoms with Crippen molar-refractivity contribution < 1.29 is 4.79 Å². The molecule has 4 heteroatoms. The maximum absolute atomic E-state index is 12.4. The van der Waals surface area contributed by atoms with Gasteiger partial charge in [0.05, 0.1) is 11.6 Å². The van der Waals surface area contributed by atoms with Crippen LogP contribution in [0.5, 0.6) is 0 Å². The quantitative estimate of drug-likeness (QED) is 0.879. The number of nitrogens with two attached hydrogens (primary N) is 1. The zero-order valence-corrected chi connectivity index (χ0v) is 12.6. The number of hydrogen-bond donors (Lipinski definition) is 2. The van der Waals surface area contributed by atoms with Crippen molar-refractivity contribution in [1.29, 1.82) is 0 Å².